The summed E-state index contributed by atoms with van der Waals surface area (Å²) in [6, 6.07) is 15.1. The number of carbonyl (C=O) groups is 1. The number of carbonyl (C=O) groups excluding carboxylic acids is 1. The summed E-state index contributed by atoms with van der Waals surface area (Å²) in [6.07, 6.45) is 7.02. The monoisotopic (exact) mass is 441 g/mol. The van der Waals surface area contributed by atoms with E-state index in [1.165, 1.54) is 11.1 Å². The summed E-state index contributed by atoms with van der Waals surface area (Å²) in [4.78, 5) is 12.8. The summed E-state index contributed by atoms with van der Waals surface area (Å²) in [6.45, 7) is 1.25. The molecule has 0 radical (unpaired) electrons. The van der Waals surface area contributed by atoms with Crippen molar-refractivity contribution in [3.8, 4) is 0 Å². The van der Waals surface area contributed by atoms with Crippen LogP contribution in [0.25, 0.3) is 0 Å². The molecule has 0 aromatic heterocycles. The molecule has 1 atom stereocenters. The van der Waals surface area contributed by atoms with Crippen molar-refractivity contribution in [3.05, 3.63) is 59.7 Å². The van der Waals surface area contributed by atoms with Crippen molar-refractivity contribution >= 4 is 21.6 Å². The van der Waals surface area contributed by atoms with Crippen molar-refractivity contribution in [1.29, 1.82) is 0 Å². The molecule has 1 aliphatic carbocycles. The predicted octanol–water partition coefficient (Wildman–Crippen LogP) is 3.86. The van der Waals surface area contributed by atoms with Gasteiger partial charge in [0.05, 0.1) is 17.5 Å². The quantitative estimate of drug-likeness (QED) is 0.714. The van der Waals surface area contributed by atoms with Gasteiger partial charge in [-0.15, -0.1) is 0 Å². The Kier molecular flexibility index (Phi) is 6.92. The third-order valence-corrected chi connectivity index (χ3v) is 8.09. The number of benzene rings is 2. The number of amides is 1. The first kappa shape index (κ1) is 21.8. The Morgan fingerprint density at radius 3 is 2.55 bits per heavy atom. The maximum Gasteiger partial charge on any atom is 0.243 e. The lowest BCUT2D eigenvalue weighted by atomic mass is 9.88. The van der Waals surface area contributed by atoms with Gasteiger partial charge in [-0.2, -0.15) is 4.31 Å². The minimum atomic E-state index is -3.51. The van der Waals surface area contributed by atoms with Crippen LogP contribution in [0.2, 0.25) is 0 Å². The van der Waals surface area contributed by atoms with Gasteiger partial charge in [0.1, 0.15) is 0 Å². The number of anilines is 1. The molecule has 2 aromatic rings. The Balaban J connectivity index is 1.38. The molecule has 1 heterocycles. The Bertz CT molecular complexity index is 1010. The van der Waals surface area contributed by atoms with E-state index >= 15 is 0 Å². The van der Waals surface area contributed by atoms with Gasteiger partial charge in [0.25, 0.3) is 0 Å². The van der Waals surface area contributed by atoms with E-state index in [1.807, 2.05) is 12.1 Å². The SMILES string of the molecule is O=C(CNc1cccc(S(=O)(=O)N2CCCCCC2)c1)NC1CCCc2ccccc21. The third-order valence-electron chi connectivity index (χ3n) is 6.19. The number of sulfonamides is 1. The maximum atomic E-state index is 13.0. The van der Waals surface area contributed by atoms with E-state index in [-0.39, 0.29) is 23.4 Å². The van der Waals surface area contributed by atoms with Crippen molar-refractivity contribution < 1.29 is 13.2 Å². The molecule has 0 spiro atoms. The van der Waals surface area contributed by atoms with Crippen molar-refractivity contribution in [1.82, 2.24) is 9.62 Å². The molecule has 1 unspecified atom stereocenters. The molecule has 1 amide bonds. The molecule has 7 heteroatoms. The molecule has 1 aliphatic heterocycles. The van der Waals surface area contributed by atoms with Crippen molar-refractivity contribution in [2.24, 2.45) is 0 Å². The molecule has 0 bridgehead atoms. The van der Waals surface area contributed by atoms with E-state index in [9.17, 15) is 13.2 Å². The van der Waals surface area contributed by atoms with Crippen LogP contribution in [0.5, 0.6) is 0 Å². The predicted molar refractivity (Wildman–Crippen MR) is 122 cm³/mol. The van der Waals surface area contributed by atoms with E-state index in [2.05, 4.69) is 22.8 Å². The topological polar surface area (TPSA) is 78.5 Å². The smallest absolute Gasteiger partial charge is 0.243 e. The van der Waals surface area contributed by atoms with Crippen LogP contribution in [0.1, 0.15) is 55.7 Å². The number of rotatable bonds is 6. The number of fused-ring (bicyclic) bond motifs is 1. The zero-order chi connectivity index (χ0) is 21.7. The van der Waals surface area contributed by atoms with Gasteiger partial charge in [0.15, 0.2) is 0 Å². The second-order valence-electron chi connectivity index (χ2n) is 8.41. The lowest BCUT2D eigenvalue weighted by Crippen LogP contribution is -2.35. The van der Waals surface area contributed by atoms with Crippen LogP contribution in [-0.4, -0.2) is 38.3 Å². The Hall–Kier alpha value is -2.38. The lowest BCUT2D eigenvalue weighted by Gasteiger charge is -2.26. The summed E-state index contributed by atoms with van der Waals surface area (Å²) in [5.41, 5.74) is 3.14. The van der Waals surface area contributed by atoms with Crippen LogP contribution in [0, 0.1) is 0 Å². The third kappa shape index (κ3) is 5.28. The van der Waals surface area contributed by atoms with E-state index < -0.39 is 10.0 Å². The highest BCUT2D eigenvalue weighted by atomic mass is 32.2. The molecule has 31 heavy (non-hydrogen) atoms. The minimum Gasteiger partial charge on any atom is -0.376 e. The minimum absolute atomic E-state index is 0.0361. The van der Waals surface area contributed by atoms with E-state index in [0.717, 1.165) is 44.9 Å². The molecule has 0 saturated carbocycles. The first-order valence-electron chi connectivity index (χ1n) is 11.3. The molecule has 1 fully saturated rings. The average Bonchev–Trinajstić information content (AvgIpc) is 3.08. The number of aryl methyl sites for hydroxylation is 1. The fraction of sp³-hybridized carbons (Fsp3) is 0.458. The van der Waals surface area contributed by atoms with Gasteiger partial charge >= 0.3 is 0 Å². The van der Waals surface area contributed by atoms with Crippen LogP contribution < -0.4 is 10.6 Å². The summed E-state index contributed by atoms with van der Waals surface area (Å²) in [5, 5.41) is 6.21. The first-order chi connectivity index (χ1) is 15.0. The lowest BCUT2D eigenvalue weighted by molar-refractivity contribution is -0.120. The Morgan fingerprint density at radius 1 is 0.968 bits per heavy atom. The molecule has 2 N–H and O–H groups in total. The van der Waals surface area contributed by atoms with Gasteiger partial charge in [0, 0.05) is 18.8 Å². The van der Waals surface area contributed by atoms with Crippen molar-refractivity contribution in [3.63, 3.8) is 0 Å². The molecule has 4 rings (SSSR count). The van der Waals surface area contributed by atoms with Crippen LogP contribution >= 0.6 is 0 Å². The molecule has 1 saturated heterocycles. The second-order valence-corrected chi connectivity index (χ2v) is 10.3. The maximum absolute atomic E-state index is 13.0. The average molecular weight is 442 g/mol. The van der Waals surface area contributed by atoms with Crippen molar-refractivity contribution in [2.75, 3.05) is 25.0 Å². The molecule has 6 nitrogen and oxygen atoms in total. The molecule has 2 aromatic carbocycles. The fourth-order valence-corrected chi connectivity index (χ4v) is 6.09. The number of nitrogens with zero attached hydrogens (tertiary/aromatic N) is 1. The highest BCUT2D eigenvalue weighted by Crippen LogP contribution is 2.29. The van der Waals surface area contributed by atoms with Gasteiger partial charge < -0.3 is 10.6 Å². The van der Waals surface area contributed by atoms with Crippen LogP contribution in [-0.2, 0) is 21.2 Å². The number of nitrogens with one attached hydrogen (secondary N) is 2. The first-order valence-corrected chi connectivity index (χ1v) is 12.7. The highest BCUT2D eigenvalue weighted by molar-refractivity contribution is 7.89. The molecular formula is C24H31N3O3S. The highest BCUT2D eigenvalue weighted by Gasteiger charge is 2.25. The molecule has 166 valence electrons. The van der Waals surface area contributed by atoms with Crippen LogP contribution in [0.3, 0.4) is 0 Å². The molecular weight excluding hydrogens is 410 g/mol. The Morgan fingerprint density at radius 2 is 1.74 bits per heavy atom. The van der Waals surface area contributed by atoms with Gasteiger partial charge in [-0.05, 0) is 61.4 Å². The van der Waals surface area contributed by atoms with Crippen molar-refractivity contribution in [2.45, 2.75) is 55.9 Å². The summed E-state index contributed by atoms with van der Waals surface area (Å²) < 4.78 is 27.6. The largest absolute Gasteiger partial charge is 0.376 e. The van der Waals surface area contributed by atoms with E-state index in [4.69, 9.17) is 0 Å². The van der Waals surface area contributed by atoms with Gasteiger partial charge in [0.2, 0.25) is 15.9 Å². The van der Waals surface area contributed by atoms with E-state index in [0.29, 0.717) is 18.8 Å². The standard InChI is InChI=1S/C24H31N3O3S/c28-24(26-23-14-7-10-19-9-3-4-13-22(19)23)18-25-20-11-8-12-21(17-20)31(29,30)27-15-5-1-2-6-16-27/h3-4,8-9,11-13,17,23,25H,1-2,5-7,10,14-16,18H2,(H,26,28). The fourth-order valence-electron chi connectivity index (χ4n) is 4.53. The van der Waals surface area contributed by atoms with Crippen LogP contribution in [0.4, 0.5) is 5.69 Å². The zero-order valence-electron chi connectivity index (χ0n) is 17.8. The summed E-state index contributed by atoms with van der Waals surface area (Å²) in [5.74, 6) is -0.0949. The number of hydrogen-bond donors (Lipinski definition) is 2. The van der Waals surface area contributed by atoms with Gasteiger partial charge in [-0.1, -0.05) is 43.2 Å². The summed E-state index contributed by atoms with van der Waals surface area (Å²) >= 11 is 0. The Labute approximate surface area is 185 Å². The number of hydrogen-bond acceptors (Lipinski definition) is 4. The van der Waals surface area contributed by atoms with Gasteiger partial charge in [-0.3, -0.25) is 4.79 Å². The molecule has 2 aliphatic rings. The van der Waals surface area contributed by atoms with Crippen LogP contribution in [0.15, 0.2) is 53.4 Å². The van der Waals surface area contributed by atoms with Gasteiger partial charge in [-0.25, -0.2) is 8.42 Å². The normalized spacial score (nSPS) is 19.8. The second kappa shape index (κ2) is 9.83. The zero-order valence-corrected chi connectivity index (χ0v) is 18.7. The summed E-state index contributed by atoms with van der Waals surface area (Å²) in [7, 11) is -3.51. The van der Waals surface area contributed by atoms with E-state index in [1.54, 1.807) is 28.6 Å².